The van der Waals surface area contributed by atoms with Crippen LogP contribution in [-0.2, 0) is 0 Å². The molecule has 1 fully saturated rings. The first-order valence-electron chi connectivity index (χ1n) is 7.10. The van der Waals surface area contributed by atoms with Crippen LogP contribution in [0.3, 0.4) is 0 Å². The topological polar surface area (TPSA) is 56.4 Å². The molecule has 0 aromatic carbocycles. The molecule has 106 valence electrons. The third-order valence-electron chi connectivity index (χ3n) is 4.16. The van der Waals surface area contributed by atoms with Crippen molar-refractivity contribution in [2.45, 2.75) is 46.1 Å². The Bertz CT molecular complexity index is 275. The Morgan fingerprint density at radius 1 is 1.39 bits per heavy atom. The summed E-state index contributed by atoms with van der Waals surface area (Å²) < 4.78 is 0. The normalized spacial score (nSPS) is 23.9. The second-order valence-corrected chi connectivity index (χ2v) is 6.40. The zero-order chi connectivity index (χ0) is 13.8. The van der Waals surface area contributed by atoms with E-state index in [4.69, 9.17) is 11.1 Å². The number of likely N-dealkylation sites (N-methyl/N-ethyl adjacent to an activating group) is 1. The Hall–Kier alpha value is -0.610. The Kier molecular flexibility index (Phi) is 5.60. The Balaban J connectivity index is 2.36. The summed E-state index contributed by atoms with van der Waals surface area (Å²) in [6.07, 6.45) is 3.39. The van der Waals surface area contributed by atoms with Crippen molar-refractivity contribution < 1.29 is 0 Å². The van der Waals surface area contributed by atoms with Gasteiger partial charge < -0.3 is 10.6 Å². The van der Waals surface area contributed by atoms with Crippen LogP contribution < -0.4 is 5.73 Å². The summed E-state index contributed by atoms with van der Waals surface area (Å²) in [5, 5.41) is 7.58. The highest BCUT2D eigenvalue weighted by molar-refractivity contribution is 5.82. The zero-order valence-electron chi connectivity index (χ0n) is 12.5. The maximum atomic E-state index is 7.58. The second-order valence-electron chi connectivity index (χ2n) is 6.40. The van der Waals surface area contributed by atoms with Crippen molar-refractivity contribution in [2.24, 2.45) is 11.1 Å². The molecule has 0 aliphatic carbocycles. The van der Waals surface area contributed by atoms with Gasteiger partial charge in [0.1, 0.15) is 0 Å². The van der Waals surface area contributed by atoms with Crippen LogP contribution >= 0.6 is 0 Å². The fourth-order valence-corrected chi connectivity index (χ4v) is 2.61. The van der Waals surface area contributed by atoms with Crippen LogP contribution in [0.5, 0.6) is 0 Å². The molecule has 0 saturated carbocycles. The molecule has 18 heavy (non-hydrogen) atoms. The molecule has 0 bridgehead atoms. The van der Waals surface area contributed by atoms with Crippen molar-refractivity contribution >= 4 is 5.84 Å². The molecule has 1 rings (SSSR count). The molecule has 1 saturated heterocycles. The summed E-state index contributed by atoms with van der Waals surface area (Å²) >= 11 is 0. The van der Waals surface area contributed by atoms with Gasteiger partial charge >= 0.3 is 0 Å². The summed E-state index contributed by atoms with van der Waals surface area (Å²) in [5.74, 6) is 0.311. The van der Waals surface area contributed by atoms with Crippen LogP contribution in [0, 0.1) is 10.8 Å². The summed E-state index contributed by atoms with van der Waals surface area (Å²) in [4.78, 5) is 5.00. The van der Waals surface area contributed by atoms with Crippen molar-refractivity contribution in [3.63, 3.8) is 0 Å². The van der Waals surface area contributed by atoms with E-state index in [2.05, 4.69) is 37.6 Å². The zero-order valence-corrected chi connectivity index (χ0v) is 12.5. The minimum atomic E-state index is -0.147. The van der Waals surface area contributed by atoms with Crippen LogP contribution in [0.15, 0.2) is 0 Å². The first-order chi connectivity index (χ1) is 8.33. The van der Waals surface area contributed by atoms with E-state index >= 15 is 0 Å². The molecule has 1 unspecified atom stereocenters. The van der Waals surface area contributed by atoms with Gasteiger partial charge in [0.25, 0.3) is 0 Å². The molecule has 1 heterocycles. The molecule has 0 aromatic rings. The smallest absolute Gasteiger partial charge is 0.0963 e. The monoisotopic (exact) mass is 254 g/mol. The van der Waals surface area contributed by atoms with Gasteiger partial charge in [-0.3, -0.25) is 10.3 Å². The van der Waals surface area contributed by atoms with Gasteiger partial charge in [-0.15, -0.1) is 0 Å². The van der Waals surface area contributed by atoms with Crippen LogP contribution in [0.1, 0.15) is 40.0 Å². The van der Waals surface area contributed by atoms with Crippen molar-refractivity contribution in [3.8, 4) is 0 Å². The van der Waals surface area contributed by atoms with Gasteiger partial charge in [-0.1, -0.05) is 13.8 Å². The number of nitrogens with two attached hydrogens (primary N) is 1. The molecule has 0 aromatic heterocycles. The van der Waals surface area contributed by atoms with Gasteiger partial charge in [0.2, 0.25) is 0 Å². The molecule has 0 amide bonds. The summed E-state index contributed by atoms with van der Waals surface area (Å²) in [6.45, 7) is 11.1. The van der Waals surface area contributed by atoms with E-state index in [1.54, 1.807) is 0 Å². The second kappa shape index (κ2) is 6.53. The van der Waals surface area contributed by atoms with Crippen LogP contribution in [0.25, 0.3) is 0 Å². The molecule has 4 heteroatoms. The largest absolute Gasteiger partial charge is 0.387 e. The first kappa shape index (κ1) is 15.4. The summed E-state index contributed by atoms with van der Waals surface area (Å²) in [5.41, 5.74) is 5.48. The van der Waals surface area contributed by atoms with E-state index in [0.29, 0.717) is 11.9 Å². The van der Waals surface area contributed by atoms with Crippen LogP contribution in [0.2, 0.25) is 0 Å². The minimum absolute atomic E-state index is 0.147. The number of rotatable bonds is 5. The Labute approximate surface area is 112 Å². The summed E-state index contributed by atoms with van der Waals surface area (Å²) in [6, 6.07) is 0.637. The van der Waals surface area contributed by atoms with E-state index < -0.39 is 0 Å². The average Bonchev–Trinajstić information content (AvgIpc) is 2.40. The molecule has 0 radical (unpaired) electrons. The average molecular weight is 254 g/mol. The van der Waals surface area contributed by atoms with Gasteiger partial charge in [0.05, 0.1) is 5.84 Å². The lowest BCUT2D eigenvalue weighted by atomic mass is 9.86. The SMILES string of the molecule is CC1CN(C)CCCN1CCCC(C)(C)C(=N)N. The van der Waals surface area contributed by atoms with Crippen LogP contribution in [0.4, 0.5) is 0 Å². The molecular weight excluding hydrogens is 224 g/mol. The Morgan fingerprint density at radius 3 is 2.67 bits per heavy atom. The lowest BCUT2D eigenvalue weighted by Gasteiger charge is -2.29. The number of hydrogen-bond acceptors (Lipinski definition) is 3. The van der Waals surface area contributed by atoms with Gasteiger partial charge in [0.15, 0.2) is 0 Å². The fourth-order valence-electron chi connectivity index (χ4n) is 2.61. The number of hydrogen-bond donors (Lipinski definition) is 2. The van der Waals surface area contributed by atoms with E-state index in [1.807, 2.05) is 0 Å². The first-order valence-corrected chi connectivity index (χ1v) is 7.10. The van der Waals surface area contributed by atoms with Gasteiger partial charge in [-0.2, -0.15) is 0 Å². The Morgan fingerprint density at radius 2 is 2.06 bits per heavy atom. The van der Waals surface area contributed by atoms with E-state index in [0.717, 1.165) is 25.9 Å². The number of nitrogens with zero attached hydrogens (tertiary/aromatic N) is 2. The predicted octanol–water partition coefficient (Wildman–Crippen LogP) is 1.75. The third kappa shape index (κ3) is 4.58. The lowest BCUT2D eigenvalue weighted by Crippen LogP contribution is -2.39. The standard InChI is InChI=1S/C14H30N4/c1-12-11-17(4)8-6-10-18(12)9-5-7-14(2,3)13(15)16/h12H,5-11H2,1-4H3,(H3,15,16). The van der Waals surface area contributed by atoms with E-state index in [9.17, 15) is 0 Å². The highest BCUT2D eigenvalue weighted by atomic mass is 15.2. The van der Waals surface area contributed by atoms with E-state index in [-0.39, 0.29) is 5.41 Å². The van der Waals surface area contributed by atoms with E-state index in [1.165, 1.54) is 19.5 Å². The highest BCUT2D eigenvalue weighted by Crippen LogP contribution is 2.22. The van der Waals surface area contributed by atoms with Crippen molar-refractivity contribution in [2.75, 3.05) is 33.2 Å². The number of amidine groups is 1. The molecule has 1 atom stereocenters. The van der Waals surface area contributed by atoms with Gasteiger partial charge in [0, 0.05) is 18.0 Å². The van der Waals surface area contributed by atoms with Gasteiger partial charge in [-0.25, -0.2) is 0 Å². The predicted molar refractivity (Wildman–Crippen MR) is 78.1 cm³/mol. The molecule has 0 spiro atoms. The fraction of sp³-hybridized carbons (Fsp3) is 0.929. The quantitative estimate of drug-likeness (QED) is 0.580. The van der Waals surface area contributed by atoms with Crippen molar-refractivity contribution in [1.29, 1.82) is 5.41 Å². The molecule has 3 N–H and O–H groups in total. The maximum absolute atomic E-state index is 7.58. The maximum Gasteiger partial charge on any atom is 0.0963 e. The third-order valence-corrected chi connectivity index (χ3v) is 4.16. The van der Waals surface area contributed by atoms with Gasteiger partial charge in [-0.05, 0) is 52.9 Å². The highest BCUT2D eigenvalue weighted by Gasteiger charge is 2.23. The molecule has 1 aliphatic heterocycles. The van der Waals surface area contributed by atoms with Crippen molar-refractivity contribution in [1.82, 2.24) is 9.80 Å². The van der Waals surface area contributed by atoms with Crippen LogP contribution in [-0.4, -0.2) is 54.9 Å². The van der Waals surface area contributed by atoms with Crippen molar-refractivity contribution in [3.05, 3.63) is 0 Å². The molecule has 4 nitrogen and oxygen atoms in total. The molecular formula is C14H30N4. The summed E-state index contributed by atoms with van der Waals surface area (Å²) in [7, 11) is 2.21. The lowest BCUT2D eigenvalue weighted by molar-refractivity contribution is 0.194. The molecule has 1 aliphatic rings. The number of nitrogens with one attached hydrogen (secondary N) is 1. The minimum Gasteiger partial charge on any atom is -0.387 e.